The van der Waals surface area contributed by atoms with Gasteiger partial charge in [-0.25, -0.2) is 4.68 Å². The summed E-state index contributed by atoms with van der Waals surface area (Å²) < 4.78 is 6.16. The van der Waals surface area contributed by atoms with Gasteiger partial charge in [0.1, 0.15) is 12.3 Å². The zero-order valence-corrected chi connectivity index (χ0v) is 14.6. The van der Waals surface area contributed by atoms with Crippen molar-refractivity contribution in [1.29, 1.82) is 0 Å². The molecule has 0 saturated carbocycles. The van der Waals surface area contributed by atoms with Crippen LogP contribution in [0.1, 0.15) is 5.56 Å². The van der Waals surface area contributed by atoms with Crippen molar-refractivity contribution >= 4 is 16.7 Å². The van der Waals surface area contributed by atoms with Crippen molar-refractivity contribution < 1.29 is 9.53 Å². The lowest BCUT2D eigenvalue weighted by atomic mass is 10.2. The van der Waals surface area contributed by atoms with Gasteiger partial charge in [-0.15, -0.1) is 0 Å². The second-order valence-corrected chi connectivity index (χ2v) is 5.98. The molecule has 3 rings (SSSR count). The molecule has 1 heterocycles. The lowest BCUT2D eigenvalue weighted by Crippen LogP contribution is -2.37. The largest absolute Gasteiger partial charge is 0.497 e. The number of benzene rings is 2. The number of aromatic amines is 1. The van der Waals surface area contributed by atoms with E-state index in [1.54, 1.807) is 38.4 Å². The Kier molecular flexibility index (Phi) is 4.88. The summed E-state index contributed by atoms with van der Waals surface area (Å²) in [5, 5.41) is 3.07. The summed E-state index contributed by atoms with van der Waals surface area (Å²) in [7, 11) is 3.24. The second kappa shape index (κ2) is 7.26. The average molecular weight is 353 g/mol. The van der Waals surface area contributed by atoms with Crippen LogP contribution in [0.15, 0.2) is 58.1 Å². The number of rotatable bonds is 5. The van der Waals surface area contributed by atoms with Crippen LogP contribution in [0.4, 0.5) is 0 Å². The van der Waals surface area contributed by atoms with Gasteiger partial charge < -0.3 is 9.64 Å². The maximum Gasteiger partial charge on any atom is 0.273 e. The van der Waals surface area contributed by atoms with E-state index in [0.717, 1.165) is 16.0 Å². The summed E-state index contributed by atoms with van der Waals surface area (Å²) >= 11 is 0. The van der Waals surface area contributed by atoms with Crippen molar-refractivity contribution in [2.24, 2.45) is 0 Å². The normalized spacial score (nSPS) is 10.7. The smallest absolute Gasteiger partial charge is 0.273 e. The van der Waals surface area contributed by atoms with Gasteiger partial charge in [-0.05, 0) is 29.8 Å². The van der Waals surface area contributed by atoms with Crippen molar-refractivity contribution in [1.82, 2.24) is 14.7 Å². The zero-order chi connectivity index (χ0) is 18.7. The molecule has 0 fully saturated rings. The molecule has 7 nitrogen and oxygen atoms in total. The number of likely N-dealkylation sites (N-methyl/N-ethyl adjacent to an activating group) is 1. The minimum Gasteiger partial charge on any atom is -0.497 e. The topological polar surface area (TPSA) is 84.4 Å². The molecule has 1 aromatic heterocycles. The fourth-order valence-electron chi connectivity index (χ4n) is 2.71. The van der Waals surface area contributed by atoms with Crippen LogP contribution in [0.5, 0.6) is 5.75 Å². The van der Waals surface area contributed by atoms with E-state index in [4.69, 9.17) is 4.74 Å². The quantitative estimate of drug-likeness (QED) is 0.751. The Balaban J connectivity index is 1.78. The zero-order valence-electron chi connectivity index (χ0n) is 14.6. The van der Waals surface area contributed by atoms with Gasteiger partial charge in [0.15, 0.2) is 0 Å². The van der Waals surface area contributed by atoms with E-state index in [2.05, 4.69) is 5.10 Å². The fourth-order valence-corrected chi connectivity index (χ4v) is 2.71. The first-order valence-electron chi connectivity index (χ1n) is 8.08. The Hall–Kier alpha value is -3.35. The molecule has 1 N–H and O–H groups in total. The van der Waals surface area contributed by atoms with E-state index in [9.17, 15) is 14.4 Å². The molecular formula is C19H19N3O4. The molecular weight excluding hydrogens is 334 g/mol. The molecule has 7 heteroatoms. The van der Waals surface area contributed by atoms with Gasteiger partial charge in [-0.1, -0.05) is 24.3 Å². The maximum absolute atomic E-state index is 12.5. The standard InChI is InChI=1S/C19H19N3O4/c1-21(11-13-7-9-14(26-2)10-8-13)17(23)12-22-19(25)16-6-4-3-5-15(16)18(24)20-22/h3-10H,11-12H2,1-2H3,(H,20,24). The number of nitrogens with one attached hydrogen (secondary N) is 1. The number of methoxy groups -OCH3 is 1. The number of H-pyrrole nitrogens is 1. The number of nitrogens with zero attached hydrogens (tertiary/aromatic N) is 2. The Bertz CT molecular complexity index is 1050. The molecule has 0 spiro atoms. The number of carbonyl (C=O) groups is 1. The highest BCUT2D eigenvalue weighted by molar-refractivity contribution is 5.81. The molecule has 26 heavy (non-hydrogen) atoms. The number of aromatic nitrogens is 2. The third-order valence-electron chi connectivity index (χ3n) is 4.18. The van der Waals surface area contributed by atoms with Crippen LogP contribution in [0.2, 0.25) is 0 Å². The third-order valence-corrected chi connectivity index (χ3v) is 4.18. The number of fused-ring (bicyclic) bond motifs is 1. The van der Waals surface area contributed by atoms with E-state index >= 15 is 0 Å². The van der Waals surface area contributed by atoms with Crippen LogP contribution < -0.4 is 15.9 Å². The summed E-state index contributed by atoms with van der Waals surface area (Å²) in [5.74, 6) is 0.455. The summed E-state index contributed by atoms with van der Waals surface area (Å²) in [5.41, 5.74) is 0.137. The molecule has 0 aliphatic carbocycles. The molecule has 0 bridgehead atoms. The Morgan fingerprint density at radius 1 is 1.08 bits per heavy atom. The molecule has 0 unspecified atom stereocenters. The van der Waals surface area contributed by atoms with E-state index in [1.807, 2.05) is 24.3 Å². The van der Waals surface area contributed by atoms with Crippen LogP contribution in [0.25, 0.3) is 10.8 Å². The van der Waals surface area contributed by atoms with Crippen molar-refractivity contribution in [3.8, 4) is 5.75 Å². The van der Waals surface area contributed by atoms with Crippen molar-refractivity contribution in [2.75, 3.05) is 14.2 Å². The summed E-state index contributed by atoms with van der Waals surface area (Å²) in [4.78, 5) is 38.5. The van der Waals surface area contributed by atoms with Crippen LogP contribution in [0.3, 0.4) is 0 Å². The molecule has 0 atom stereocenters. The number of hydrogen-bond donors (Lipinski definition) is 1. The monoisotopic (exact) mass is 353 g/mol. The van der Waals surface area contributed by atoms with Crippen LogP contribution in [-0.4, -0.2) is 34.7 Å². The Morgan fingerprint density at radius 3 is 2.38 bits per heavy atom. The van der Waals surface area contributed by atoms with Crippen LogP contribution >= 0.6 is 0 Å². The summed E-state index contributed by atoms with van der Waals surface area (Å²) in [6.45, 7) is 0.154. The number of amides is 1. The van der Waals surface area contributed by atoms with E-state index < -0.39 is 11.1 Å². The highest BCUT2D eigenvalue weighted by atomic mass is 16.5. The van der Waals surface area contributed by atoms with Crippen molar-refractivity contribution in [3.63, 3.8) is 0 Å². The van der Waals surface area contributed by atoms with Gasteiger partial charge in [-0.3, -0.25) is 19.5 Å². The molecule has 134 valence electrons. The molecule has 0 saturated heterocycles. The van der Waals surface area contributed by atoms with Gasteiger partial charge in [0.2, 0.25) is 5.91 Å². The first kappa shape index (κ1) is 17.5. The summed E-state index contributed by atoms with van der Waals surface area (Å²) in [6.07, 6.45) is 0. The minimum absolute atomic E-state index is 0.231. The van der Waals surface area contributed by atoms with Gasteiger partial charge in [0.05, 0.1) is 17.9 Å². The molecule has 1 amide bonds. The van der Waals surface area contributed by atoms with Gasteiger partial charge in [0, 0.05) is 13.6 Å². The predicted octanol–water partition coefficient (Wildman–Crippen LogP) is 1.36. The second-order valence-electron chi connectivity index (χ2n) is 5.98. The lowest BCUT2D eigenvalue weighted by molar-refractivity contribution is -0.131. The van der Waals surface area contributed by atoms with E-state index in [-0.39, 0.29) is 12.5 Å². The molecule has 0 aliphatic rings. The Morgan fingerprint density at radius 2 is 1.73 bits per heavy atom. The maximum atomic E-state index is 12.5. The minimum atomic E-state index is -0.397. The molecule has 0 radical (unpaired) electrons. The van der Waals surface area contributed by atoms with Gasteiger partial charge >= 0.3 is 0 Å². The van der Waals surface area contributed by atoms with Crippen LogP contribution in [-0.2, 0) is 17.9 Å². The molecule has 0 aliphatic heterocycles. The Labute approximate surface area is 149 Å². The first-order chi connectivity index (χ1) is 12.5. The van der Waals surface area contributed by atoms with Crippen molar-refractivity contribution in [2.45, 2.75) is 13.1 Å². The van der Waals surface area contributed by atoms with Crippen molar-refractivity contribution in [3.05, 3.63) is 74.8 Å². The fraction of sp³-hybridized carbons (Fsp3) is 0.211. The highest BCUT2D eigenvalue weighted by Gasteiger charge is 2.14. The van der Waals surface area contributed by atoms with Gasteiger partial charge in [-0.2, -0.15) is 0 Å². The predicted molar refractivity (Wildman–Crippen MR) is 98.3 cm³/mol. The highest BCUT2D eigenvalue weighted by Crippen LogP contribution is 2.12. The van der Waals surface area contributed by atoms with E-state index in [0.29, 0.717) is 17.3 Å². The lowest BCUT2D eigenvalue weighted by Gasteiger charge is -2.18. The summed E-state index contributed by atoms with van der Waals surface area (Å²) in [6, 6.07) is 13.9. The average Bonchev–Trinajstić information content (AvgIpc) is 2.66. The van der Waals surface area contributed by atoms with E-state index in [1.165, 1.54) is 4.90 Å². The number of carbonyl (C=O) groups excluding carboxylic acids is 1. The number of hydrogen-bond acceptors (Lipinski definition) is 4. The first-order valence-corrected chi connectivity index (χ1v) is 8.08. The molecule has 2 aromatic carbocycles. The SMILES string of the molecule is COc1ccc(CN(C)C(=O)Cn2[nH]c(=O)c3ccccc3c2=O)cc1. The third kappa shape index (κ3) is 3.51. The van der Waals surface area contributed by atoms with Crippen LogP contribution in [0, 0.1) is 0 Å². The molecule has 3 aromatic rings. The van der Waals surface area contributed by atoms with Gasteiger partial charge in [0.25, 0.3) is 11.1 Å². The number of ether oxygens (including phenoxy) is 1.